The van der Waals surface area contributed by atoms with Gasteiger partial charge in [-0.3, -0.25) is 4.21 Å². The van der Waals surface area contributed by atoms with Crippen molar-refractivity contribution in [3.63, 3.8) is 0 Å². The number of hydrogen-bond donors (Lipinski definition) is 2. The first-order valence-electron chi connectivity index (χ1n) is 9.63. The number of aromatic nitrogens is 3. The number of thiazole rings is 1. The van der Waals surface area contributed by atoms with E-state index >= 15 is 0 Å². The van der Waals surface area contributed by atoms with E-state index in [1.807, 2.05) is 23.6 Å². The molecule has 0 aliphatic rings. The Bertz CT molecular complexity index is 1120. The number of nitrogens with one attached hydrogen (secondary N) is 2. The second kappa shape index (κ2) is 10.4. The van der Waals surface area contributed by atoms with Crippen molar-refractivity contribution >= 4 is 56.1 Å². The molecule has 3 heterocycles. The fraction of sp³-hybridized carbons (Fsp3) is 0.250. The quantitative estimate of drug-likeness (QED) is 0.293. The molecule has 7 nitrogen and oxygen atoms in total. The zero-order chi connectivity index (χ0) is 21.6. The molecule has 0 aliphatic carbocycles. The molecular weight excluding hydrogens is 471 g/mol. The van der Waals surface area contributed by atoms with E-state index in [2.05, 4.69) is 38.6 Å². The highest BCUT2D eigenvalue weighted by Crippen LogP contribution is 2.32. The van der Waals surface area contributed by atoms with E-state index in [0.29, 0.717) is 12.1 Å². The lowest BCUT2D eigenvalue weighted by Crippen LogP contribution is -2.14. The van der Waals surface area contributed by atoms with Crippen molar-refractivity contribution < 1.29 is 8.76 Å². The minimum atomic E-state index is -2.34. The van der Waals surface area contributed by atoms with E-state index in [0.717, 1.165) is 44.1 Å². The summed E-state index contributed by atoms with van der Waals surface area (Å²) in [7, 11) is 0. The van der Waals surface area contributed by atoms with Crippen LogP contribution in [0.2, 0.25) is 0 Å². The first-order valence-corrected chi connectivity index (χ1v) is 13.3. The summed E-state index contributed by atoms with van der Waals surface area (Å²) in [6, 6.07) is 11.4. The maximum absolute atomic E-state index is 10.8. The summed E-state index contributed by atoms with van der Waals surface area (Å²) in [6.45, 7) is 2.12. The molecule has 0 aliphatic heterocycles. The van der Waals surface area contributed by atoms with Gasteiger partial charge in [0.05, 0.1) is 16.6 Å². The van der Waals surface area contributed by atoms with E-state index < -0.39 is 11.3 Å². The standard InChI is InChI=1S/C20H21N5O2S4/c1-2-4-18-23-24-20(30-18)22-15(11-13-6-8-14(9-7-13)25-31(26)27)16-12-29-19(21-16)17-5-3-10-28-17/h3,5-10,12,15,25H,2,4,11H2,1H3,(H,22,24)(H,26,27)/p-1/t15-/m0/s1. The molecular formula is C20H20N5O2S4-. The third-order valence-corrected chi connectivity index (χ3v) is 7.65. The number of anilines is 2. The molecule has 0 saturated carbocycles. The molecule has 0 fully saturated rings. The van der Waals surface area contributed by atoms with Gasteiger partial charge in [-0.15, -0.1) is 32.9 Å². The average molecular weight is 491 g/mol. The number of thiophene rings is 1. The van der Waals surface area contributed by atoms with Gasteiger partial charge in [0.2, 0.25) is 5.13 Å². The molecule has 162 valence electrons. The number of aryl methyl sites for hydroxylation is 1. The van der Waals surface area contributed by atoms with Crippen LogP contribution in [0.5, 0.6) is 0 Å². The maximum Gasteiger partial charge on any atom is 0.206 e. The van der Waals surface area contributed by atoms with Crippen LogP contribution in [0.1, 0.15) is 35.7 Å². The highest BCUT2D eigenvalue weighted by Gasteiger charge is 2.19. The SMILES string of the molecule is CCCc1nnc(N[C@@H](Cc2ccc(NS(=O)[O-])cc2)c2csc(-c3cccs3)n2)s1. The van der Waals surface area contributed by atoms with Crippen LogP contribution < -0.4 is 10.0 Å². The zero-order valence-corrected chi connectivity index (χ0v) is 19.9. The van der Waals surface area contributed by atoms with E-state index in [9.17, 15) is 8.76 Å². The molecule has 31 heavy (non-hydrogen) atoms. The first-order chi connectivity index (χ1) is 15.1. The molecule has 4 aromatic rings. The third-order valence-electron chi connectivity index (χ3n) is 4.43. The lowest BCUT2D eigenvalue weighted by Gasteiger charge is -2.17. The maximum atomic E-state index is 10.8. The van der Waals surface area contributed by atoms with E-state index in [1.165, 1.54) is 0 Å². The monoisotopic (exact) mass is 490 g/mol. The van der Waals surface area contributed by atoms with Gasteiger partial charge in [0.15, 0.2) is 0 Å². The summed E-state index contributed by atoms with van der Waals surface area (Å²) in [5.74, 6) is 0. The predicted octanol–water partition coefficient (Wildman–Crippen LogP) is 5.28. The van der Waals surface area contributed by atoms with Gasteiger partial charge in [0.25, 0.3) is 0 Å². The van der Waals surface area contributed by atoms with Crippen molar-refractivity contribution in [2.24, 2.45) is 0 Å². The minimum Gasteiger partial charge on any atom is -0.755 e. The molecule has 0 radical (unpaired) electrons. The van der Waals surface area contributed by atoms with Crippen LogP contribution in [0.15, 0.2) is 47.2 Å². The topological polar surface area (TPSA) is 103 Å². The number of hydrogen-bond acceptors (Lipinski definition) is 9. The Morgan fingerprint density at radius 2 is 2.00 bits per heavy atom. The van der Waals surface area contributed by atoms with Gasteiger partial charge in [0.1, 0.15) is 10.0 Å². The Kier molecular flexibility index (Phi) is 7.41. The second-order valence-corrected chi connectivity index (χ2v) is 10.3. The van der Waals surface area contributed by atoms with Gasteiger partial charge in [-0.1, -0.05) is 36.5 Å². The Hall–Kier alpha value is -2.18. The van der Waals surface area contributed by atoms with Crippen LogP contribution in [-0.2, 0) is 24.1 Å². The van der Waals surface area contributed by atoms with Crippen LogP contribution in [-0.4, -0.2) is 23.9 Å². The van der Waals surface area contributed by atoms with Gasteiger partial charge >= 0.3 is 0 Å². The van der Waals surface area contributed by atoms with Gasteiger partial charge in [0, 0.05) is 28.8 Å². The van der Waals surface area contributed by atoms with Gasteiger partial charge in [-0.2, -0.15) is 0 Å². The van der Waals surface area contributed by atoms with Crippen molar-refractivity contribution in [1.82, 2.24) is 15.2 Å². The minimum absolute atomic E-state index is 0.0835. The van der Waals surface area contributed by atoms with Crippen LogP contribution in [0.25, 0.3) is 9.88 Å². The molecule has 1 unspecified atom stereocenters. The lowest BCUT2D eigenvalue weighted by molar-refractivity contribution is 0.542. The summed E-state index contributed by atoms with van der Waals surface area (Å²) in [5.41, 5.74) is 2.54. The van der Waals surface area contributed by atoms with Crippen molar-refractivity contribution in [2.45, 2.75) is 32.2 Å². The molecule has 2 atom stereocenters. The second-order valence-electron chi connectivity index (χ2n) is 6.74. The molecule has 0 saturated heterocycles. The third kappa shape index (κ3) is 5.95. The molecule has 2 N–H and O–H groups in total. The highest BCUT2D eigenvalue weighted by atomic mass is 32.2. The van der Waals surface area contributed by atoms with Crippen LogP contribution >= 0.6 is 34.0 Å². The van der Waals surface area contributed by atoms with Gasteiger partial charge < -0.3 is 14.6 Å². The zero-order valence-electron chi connectivity index (χ0n) is 16.6. The average Bonchev–Trinajstić information content (AvgIpc) is 3.50. The Morgan fingerprint density at radius 3 is 2.71 bits per heavy atom. The number of benzene rings is 1. The van der Waals surface area contributed by atoms with Crippen molar-refractivity contribution in [3.8, 4) is 9.88 Å². The molecule has 1 aromatic carbocycles. The van der Waals surface area contributed by atoms with Crippen molar-refractivity contribution in [2.75, 3.05) is 10.0 Å². The van der Waals surface area contributed by atoms with Gasteiger partial charge in [-0.25, -0.2) is 4.98 Å². The highest BCUT2D eigenvalue weighted by molar-refractivity contribution is 7.80. The van der Waals surface area contributed by atoms with Crippen LogP contribution in [0.4, 0.5) is 10.8 Å². The molecule has 0 bridgehead atoms. The van der Waals surface area contributed by atoms with E-state index in [-0.39, 0.29) is 6.04 Å². The summed E-state index contributed by atoms with van der Waals surface area (Å²) in [5, 5.41) is 19.0. The normalized spacial score (nSPS) is 13.1. The van der Waals surface area contributed by atoms with Crippen LogP contribution in [0.3, 0.4) is 0 Å². The molecule has 0 amide bonds. The summed E-state index contributed by atoms with van der Waals surface area (Å²) >= 11 is 2.54. The first kappa shape index (κ1) is 22.0. The van der Waals surface area contributed by atoms with Gasteiger partial charge in [-0.05, 0) is 42.0 Å². The lowest BCUT2D eigenvalue weighted by atomic mass is 10.0. The number of rotatable bonds is 10. The smallest absolute Gasteiger partial charge is 0.206 e. The Balaban J connectivity index is 1.56. The Labute approximate surface area is 195 Å². The summed E-state index contributed by atoms with van der Waals surface area (Å²) in [4.78, 5) is 6.02. The molecule has 0 spiro atoms. The van der Waals surface area contributed by atoms with Crippen molar-refractivity contribution in [3.05, 3.63) is 63.4 Å². The molecule has 4 rings (SSSR count). The number of nitrogens with zero attached hydrogens (tertiary/aromatic N) is 3. The fourth-order valence-electron chi connectivity index (χ4n) is 3.01. The fourth-order valence-corrected chi connectivity index (χ4v) is 5.92. The van der Waals surface area contributed by atoms with E-state index in [4.69, 9.17) is 4.98 Å². The van der Waals surface area contributed by atoms with E-state index in [1.54, 1.807) is 46.1 Å². The van der Waals surface area contributed by atoms with Crippen molar-refractivity contribution in [1.29, 1.82) is 0 Å². The summed E-state index contributed by atoms with van der Waals surface area (Å²) < 4.78 is 24.0. The molecule has 3 aromatic heterocycles. The van der Waals surface area contributed by atoms with Crippen LogP contribution in [0, 0.1) is 0 Å². The summed E-state index contributed by atoms with van der Waals surface area (Å²) in [6.07, 6.45) is 2.62. The predicted molar refractivity (Wildman–Crippen MR) is 128 cm³/mol. The Morgan fingerprint density at radius 1 is 1.16 bits per heavy atom. The molecule has 11 heteroatoms. The largest absolute Gasteiger partial charge is 0.755 e.